The van der Waals surface area contributed by atoms with E-state index in [1.54, 1.807) is 19.2 Å². The number of benzene rings is 1. The van der Waals surface area contributed by atoms with Gasteiger partial charge in [-0.15, -0.1) is 11.3 Å². The summed E-state index contributed by atoms with van der Waals surface area (Å²) >= 11 is 7.11. The highest BCUT2D eigenvalue weighted by Gasteiger charge is 2.11. The highest BCUT2D eigenvalue weighted by molar-refractivity contribution is 7.85. The van der Waals surface area contributed by atoms with Crippen molar-refractivity contribution in [1.29, 1.82) is 0 Å². The average molecular weight is 319 g/mol. The minimum Gasteiger partial charge on any atom is -0.380 e. The van der Waals surface area contributed by atoms with Gasteiger partial charge in [0.15, 0.2) is 4.47 Å². The second-order valence-corrected chi connectivity index (χ2v) is 7.00. The molecule has 1 heterocycles. The highest BCUT2D eigenvalue weighted by Crippen LogP contribution is 2.22. The third kappa shape index (κ3) is 3.66. The van der Waals surface area contributed by atoms with Crippen LogP contribution in [0, 0.1) is 6.92 Å². The number of thiazole rings is 1. The molecule has 0 amide bonds. The summed E-state index contributed by atoms with van der Waals surface area (Å²) in [4.78, 5) is 4.79. The minimum atomic E-state index is -4.16. The lowest BCUT2D eigenvalue weighted by molar-refractivity contribution is 0.483. The number of anilines is 1. The van der Waals surface area contributed by atoms with Crippen molar-refractivity contribution in [3.63, 3.8) is 0 Å². The van der Waals surface area contributed by atoms with Crippen LogP contribution in [0.15, 0.2) is 29.3 Å². The van der Waals surface area contributed by atoms with Crippen molar-refractivity contribution in [1.82, 2.24) is 4.98 Å². The molecule has 0 spiro atoms. The molecule has 0 unspecified atom stereocenters. The lowest BCUT2D eigenvalue weighted by Crippen LogP contribution is -2.02. The maximum Gasteiger partial charge on any atom is 0.294 e. The molecule has 102 valence electrons. The Morgan fingerprint density at radius 1 is 1.47 bits per heavy atom. The molecule has 0 radical (unpaired) electrons. The number of hydrogen-bond acceptors (Lipinski definition) is 5. The third-order valence-corrected chi connectivity index (χ3v) is 4.44. The topological polar surface area (TPSA) is 79.3 Å². The molecule has 0 aliphatic carbocycles. The molecule has 1 aromatic carbocycles. The van der Waals surface area contributed by atoms with Crippen molar-refractivity contribution in [3.8, 4) is 0 Å². The molecule has 0 saturated heterocycles. The van der Waals surface area contributed by atoms with E-state index in [0.29, 0.717) is 11.0 Å². The molecule has 19 heavy (non-hydrogen) atoms. The van der Waals surface area contributed by atoms with Crippen LogP contribution in [0.4, 0.5) is 5.69 Å². The highest BCUT2D eigenvalue weighted by atomic mass is 35.5. The van der Waals surface area contributed by atoms with Crippen molar-refractivity contribution < 1.29 is 13.0 Å². The lowest BCUT2D eigenvalue weighted by atomic mass is 10.2. The summed E-state index contributed by atoms with van der Waals surface area (Å²) in [6, 6.07) is 4.38. The first-order chi connectivity index (χ1) is 8.86. The van der Waals surface area contributed by atoms with E-state index in [0.717, 1.165) is 16.1 Å². The minimum absolute atomic E-state index is 0.114. The standard InChI is InChI=1S/C11H11ClN2O3S2/c1-7-4-9(19(15,16)17)2-3-10(7)13-5-8-6-14-11(12)18-8/h2-4,6,13H,5H2,1H3,(H,15,16,17). The fourth-order valence-corrected chi connectivity index (χ4v) is 3.03. The summed E-state index contributed by atoms with van der Waals surface area (Å²) in [6.45, 7) is 2.31. The number of rotatable bonds is 4. The first-order valence-electron chi connectivity index (χ1n) is 5.28. The first kappa shape index (κ1) is 14.3. The summed E-state index contributed by atoms with van der Waals surface area (Å²) in [5.74, 6) is 0. The molecule has 2 aromatic rings. The van der Waals surface area contributed by atoms with Gasteiger partial charge in [-0.25, -0.2) is 4.98 Å². The van der Waals surface area contributed by atoms with E-state index >= 15 is 0 Å². The van der Waals surface area contributed by atoms with Gasteiger partial charge < -0.3 is 5.32 Å². The van der Waals surface area contributed by atoms with Gasteiger partial charge in [0.2, 0.25) is 0 Å². The second kappa shape index (κ2) is 5.46. The van der Waals surface area contributed by atoms with Gasteiger partial charge in [-0.1, -0.05) is 11.6 Å². The zero-order chi connectivity index (χ0) is 14.0. The van der Waals surface area contributed by atoms with Gasteiger partial charge in [0.25, 0.3) is 10.1 Å². The van der Waals surface area contributed by atoms with Gasteiger partial charge in [-0.2, -0.15) is 8.42 Å². The second-order valence-electron chi connectivity index (χ2n) is 3.88. The van der Waals surface area contributed by atoms with Crippen molar-refractivity contribution in [3.05, 3.63) is 39.3 Å². The first-order valence-corrected chi connectivity index (χ1v) is 7.92. The Bertz CT molecular complexity index is 698. The van der Waals surface area contributed by atoms with Crippen LogP contribution in [-0.2, 0) is 16.7 Å². The van der Waals surface area contributed by atoms with E-state index < -0.39 is 10.1 Å². The molecule has 0 bridgehead atoms. The van der Waals surface area contributed by atoms with E-state index in [2.05, 4.69) is 10.3 Å². The molecule has 0 atom stereocenters. The quantitative estimate of drug-likeness (QED) is 0.847. The molecule has 8 heteroatoms. The van der Waals surface area contributed by atoms with Crippen LogP contribution in [0.5, 0.6) is 0 Å². The van der Waals surface area contributed by atoms with Gasteiger partial charge in [0.05, 0.1) is 11.4 Å². The molecule has 0 aliphatic heterocycles. The molecule has 0 saturated carbocycles. The zero-order valence-electron chi connectivity index (χ0n) is 9.92. The third-order valence-electron chi connectivity index (χ3n) is 2.47. The van der Waals surface area contributed by atoms with Crippen molar-refractivity contribution in [2.24, 2.45) is 0 Å². The van der Waals surface area contributed by atoms with Crippen LogP contribution in [-0.4, -0.2) is 18.0 Å². The Labute approximate surface area is 120 Å². The van der Waals surface area contributed by atoms with E-state index in [1.807, 2.05) is 0 Å². The molecular weight excluding hydrogens is 308 g/mol. The number of hydrogen-bond donors (Lipinski definition) is 2. The van der Waals surface area contributed by atoms with Crippen LogP contribution in [0.1, 0.15) is 10.4 Å². The summed E-state index contributed by atoms with van der Waals surface area (Å²) in [6.07, 6.45) is 1.68. The van der Waals surface area contributed by atoms with Crippen LogP contribution >= 0.6 is 22.9 Å². The fourth-order valence-electron chi connectivity index (χ4n) is 1.54. The molecule has 1 aromatic heterocycles. The van der Waals surface area contributed by atoms with E-state index in [9.17, 15) is 8.42 Å². The summed E-state index contributed by atoms with van der Waals surface area (Å²) in [5.41, 5.74) is 1.52. The van der Waals surface area contributed by atoms with Gasteiger partial charge >= 0.3 is 0 Å². The predicted molar refractivity (Wildman–Crippen MR) is 75.4 cm³/mol. The van der Waals surface area contributed by atoms with Crippen LogP contribution < -0.4 is 5.32 Å². The monoisotopic (exact) mass is 318 g/mol. The van der Waals surface area contributed by atoms with Gasteiger partial charge in [0, 0.05) is 16.8 Å². The maximum atomic E-state index is 11.0. The molecule has 5 nitrogen and oxygen atoms in total. The summed E-state index contributed by atoms with van der Waals surface area (Å²) < 4.78 is 31.4. The smallest absolute Gasteiger partial charge is 0.294 e. The Kier molecular flexibility index (Phi) is 4.10. The van der Waals surface area contributed by atoms with Crippen LogP contribution in [0.3, 0.4) is 0 Å². The SMILES string of the molecule is Cc1cc(S(=O)(=O)O)ccc1NCc1cnc(Cl)s1. The molecule has 2 rings (SSSR count). The van der Waals surface area contributed by atoms with Gasteiger partial charge in [-0.05, 0) is 30.7 Å². The molecule has 0 aliphatic rings. The normalized spacial score (nSPS) is 11.5. The van der Waals surface area contributed by atoms with Crippen molar-refractivity contribution in [2.45, 2.75) is 18.4 Å². The van der Waals surface area contributed by atoms with Gasteiger partial charge in [0.1, 0.15) is 0 Å². The van der Waals surface area contributed by atoms with Gasteiger partial charge in [-0.3, -0.25) is 4.55 Å². The number of aromatic nitrogens is 1. The Morgan fingerprint density at radius 2 is 2.21 bits per heavy atom. The van der Waals surface area contributed by atoms with Crippen LogP contribution in [0.25, 0.3) is 0 Å². The Morgan fingerprint density at radius 3 is 2.74 bits per heavy atom. The van der Waals surface area contributed by atoms with E-state index in [4.69, 9.17) is 16.2 Å². The van der Waals surface area contributed by atoms with Crippen LogP contribution in [0.2, 0.25) is 4.47 Å². The average Bonchev–Trinajstić information content (AvgIpc) is 2.72. The maximum absolute atomic E-state index is 11.0. The van der Waals surface area contributed by atoms with E-state index in [-0.39, 0.29) is 4.90 Å². The lowest BCUT2D eigenvalue weighted by Gasteiger charge is -2.09. The zero-order valence-corrected chi connectivity index (χ0v) is 12.3. The molecule has 2 N–H and O–H groups in total. The summed E-state index contributed by atoms with van der Waals surface area (Å²) in [5, 5.41) is 3.16. The number of nitrogens with one attached hydrogen (secondary N) is 1. The number of nitrogens with zero attached hydrogens (tertiary/aromatic N) is 1. The molecular formula is C11H11ClN2O3S2. The fraction of sp³-hybridized carbons (Fsp3) is 0.182. The number of aryl methyl sites for hydroxylation is 1. The Balaban J connectivity index is 2.14. The van der Waals surface area contributed by atoms with Crippen molar-refractivity contribution in [2.75, 3.05) is 5.32 Å². The Hall–Kier alpha value is -1.15. The van der Waals surface area contributed by atoms with E-state index in [1.165, 1.54) is 23.5 Å². The summed E-state index contributed by atoms with van der Waals surface area (Å²) in [7, 11) is -4.16. The number of halogens is 1. The predicted octanol–water partition coefficient (Wildman–Crippen LogP) is 2.96. The van der Waals surface area contributed by atoms with Crippen molar-refractivity contribution >= 4 is 38.7 Å². The largest absolute Gasteiger partial charge is 0.380 e. The molecule has 0 fully saturated rings.